The molecule has 1 unspecified atom stereocenters. The number of benzene rings is 3. The van der Waals surface area contributed by atoms with Crippen molar-refractivity contribution in [1.82, 2.24) is 4.31 Å². The van der Waals surface area contributed by atoms with Crippen LogP contribution in [0.2, 0.25) is 10.0 Å². The lowest BCUT2D eigenvalue weighted by Crippen LogP contribution is -2.46. The first-order valence-electron chi connectivity index (χ1n) is 10.6. The number of carbonyl (C=O) groups excluding carboxylic acids is 2. The zero-order valence-electron chi connectivity index (χ0n) is 18.3. The second-order valence-corrected chi connectivity index (χ2v) is 10.6. The third-order valence-corrected chi connectivity index (χ3v) is 8.29. The van der Waals surface area contributed by atoms with Gasteiger partial charge in [0.05, 0.1) is 28.8 Å². The average molecular weight is 528 g/mol. The van der Waals surface area contributed by atoms with Crippen LogP contribution in [0, 0.1) is 11.3 Å². The molecule has 0 spiro atoms. The van der Waals surface area contributed by atoms with E-state index in [9.17, 15) is 18.0 Å². The molecule has 4 rings (SSSR count). The number of imide groups is 1. The molecule has 178 valence electrons. The lowest BCUT2D eigenvalue weighted by molar-refractivity contribution is -0.122. The molecular weight excluding hydrogens is 509 g/mol. The first-order chi connectivity index (χ1) is 16.7. The Bertz CT molecular complexity index is 1420. The topological polar surface area (TPSA) is 98.5 Å². The Morgan fingerprint density at radius 3 is 2.34 bits per heavy atom. The predicted octanol–water partition coefficient (Wildman–Crippen LogP) is 4.43. The Kier molecular flexibility index (Phi) is 7.24. The highest BCUT2D eigenvalue weighted by Gasteiger charge is 2.47. The van der Waals surface area contributed by atoms with Gasteiger partial charge >= 0.3 is 0 Å². The Morgan fingerprint density at radius 1 is 1.00 bits per heavy atom. The molecule has 35 heavy (non-hydrogen) atoms. The van der Waals surface area contributed by atoms with Crippen LogP contribution in [0.25, 0.3) is 0 Å². The summed E-state index contributed by atoms with van der Waals surface area (Å²) in [6.45, 7) is -0.0555. The second-order valence-electron chi connectivity index (χ2n) is 7.87. The zero-order chi connectivity index (χ0) is 25.2. The van der Waals surface area contributed by atoms with Gasteiger partial charge in [0.1, 0.15) is 10.9 Å². The third-order valence-electron chi connectivity index (χ3n) is 5.67. The standard InChI is InChI=1S/C25H19Cl2N3O4S/c26-19-8-11-21(27)23(14-19)35(33,34)29(13-12-17-4-2-1-3-5-17)22-15-24(31)30(25(22)32)20-9-6-18(16-28)7-10-20/h1-11,14,22H,12-13,15H2. The summed E-state index contributed by atoms with van der Waals surface area (Å²) in [5.41, 5.74) is 1.50. The number of rotatable bonds is 7. The molecular formula is C25H19Cl2N3O4S. The van der Waals surface area contributed by atoms with Crippen LogP contribution in [-0.4, -0.2) is 37.1 Å². The van der Waals surface area contributed by atoms with E-state index in [-0.39, 0.29) is 33.6 Å². The number of nitriles is 1. The fourth-order valence-corrected chi connectivity index (χ4v) is 6.25. The van der Waals surface area contributed by atoms with Crippen molar-refractivity contribution in [3.63, 3.8) is 0 Å². The summed E-state index contributed by atoms with van der Waals surface area (Å²) in [6.07, 6.45) is -0.0157. The highest BCUT2D eigenvalue weighted by Crippen LogP contribution is 2.33. The van der Waals surface area contributed by atoms with Crippen molar-refractivity contribution < 1.29 is 18.0 Å². The molecule has 1 fully saturated rings. The molecule has 7 nitrogen and oxygen atoms in total. The monoisotopic (exact) mass is 527 g/mol. The van der Waals surface area contributed by atoms with Gasteiger partial charge in [0.25, 0.3) is 5.91 Å². The fourth-order valence-electron chi connectivity index (χ4n) is 3.93. The van der Waals surface area contributed by atoms with Gasteiger partial charge in [-0.05, 0) is 54.4 Å². The van der Waals surface area contributed by atoms with Crippen molar-refractivity contribution in [3.05, 3.63) is 94.0 Å². The van der Waals surface area contributed by atoms with Crippen molar-refractivity contribution in [2.24, 2.45) is 0 Å². The third kappa shape index (κ3) is 5.09. The molecule has 1 heterocycles. The van der Waals surface area contributed by atoms with Gasteiger partial charge in [0.2, 0.25) is 15.9 Å². The number of amides is 2. The quantitative estimate of drug-likeness (QED) is 0.423. The summed E-state index contributed by atoms with van der Waals surface area (Å²) >= 11 is 12.3. The van der Waals surface area contributed by atoms with Gasteiger partial charge in [-0.2, -0.15) is 9.57 Å². The molecule has 3 aromatic rings. The molecule has 0 N–H and O–H groups in total. The van der Waals surface area contributed by atoms with Gasteiger partial charge in [-0.25, -0.2) is 13.3 Å². The van der Waals surface area contributed by atoms with Crippen molar-refractivity contribution in [2.45, 2.75) is 23.8 Å². The Morgan fingerprint density at radius 2 is 1.69 bits per heavy atom. The maximum absolute atomic E-state index is 13.8. The van der Waals surface area contributed by atoms with E-state index in [1.54, 1.807) is 0 Å². The number of anilines is 1. The molecule has 0 radical (unpaired) electrons. The van der Waals surface area contributed by atoms with Crippen LogP contribution in [0.4, 0.5) is 5.69 Å². The first-order valence-corrected chi connectivity index (χ1v) is 12.8. The lowest BCUT2D eigenvalue weighted by atomic mass is 10.1. The zero-order valence-corrected chi connectivity index (χ0v) is 20.6. The maximum atomic E-state index is 13.8. The molecule has 2 amide bonds. The summed E-state index contributed by atoms with van der Waals surface area (Å²) in [5, 5.41) is 9.14. The maximum Gasteiger partial charge on any atom is 0.252 e. The van der Waals surface area contributed by atoms with Gasteiger partial charge in [0.15, 0.2) is 0 Å². The molecule has 1 atom stereocenters. The summed E-state index contributed by atoms with van der Waals surface area (Å²) in [7, 11) is -4.31. The number of hydrogen-bond acceptors (Lipinski definition) is 5. The summed E-state index contributed by atoms with van der Waals surface area (Å²) in [6, 6.07) is 19.9. The molecule has 0 bridgehead atoms. The number of hydrogen-bond donors (Lipinski definition) is 0. The van der Waals surface area contributed by atoms with E-state index in [1.165, 1.54) is 42.5 Å². The van der Waals surface area contributed by atoms with Crippen molar-refractivity contribution in [3.8, 4) is 6.07 Å². The molecule has 10 heteroatoms. The van der Waals surface area contributed by atoms with E-state index >= 15 is 0 Å². The largest absolute Gasteiger partial charge is 0.274 e. The SMILES string of the molecule is N#Cc1ccc(N2C(=O)CC(N(CCc3ccccc3)S(=O)(=O)c3cc(Cl)ccc3Cl)C2=O)cc1. The van der Waals surface area contributed by atoms with Gasteiger partial charge in [0, 0.05) is 11.6 Å². The van der Waals surface area contributed by atoms with Gasteiger partial charge in [-0.15, -0.1) is 0 Å². The van der Waals surface area contributed by atoms with Gasteiger partial charge in [-0.1, -0.05) is 53.5 Å². The van der Waals surface area contributed by atoms with Crippen molar-refractivity contribution >= 4 is 50.7 Å². The Balaban J connectivity index is 1.72. The smallest absolute Gasteiger partial charge is 0.252 e. The van der Waals surface area contributed by atoms with Crippen LogP contribution in [-0.2, 0) is 26.0 Å². The summed E-state index contributed by atoms with van der Waals surface area (Å²) in [5.74, 6) is -1.21. The van der Waals surface area contributed by atoms with E-state index in [0.29, 0.717) is 12.0 Å². The van der Waals surface area contributed by atoms with Crippen LogP contribution >= 0.6 is 23.2 Å². The average Bonchev–Trinajstić information content (AvgIpc) is 3.14. The van der Waals surface area contributed by atoms with E-state index in [0.717, 1.165) is 14.8 Å². The van der Waals surface area contributed by atoms with Crippen LogP contribution in [0.1, 0.15) is 17.5 Å². The Labute approximate surface area is 213 Å². The normalized spacial score (nSPS) is 16.1. The van der Waals surface area contributed by atoms with E-state index in [2.05, 4.69) is 0 Å². The van der Waals surface area contributed by atoms with Crippen LogP contribution in [0.15, 0.2) is 77.7 Å². The molecule has 0 aromatic heterocycles. The molecule has 1 aliphatic heterocycles. The minimum Gasteiger partial charge on any atom is -0.274 e. The second kappa shape index (κ2) is 10.2. The molecule has 0 saturated carbocycles. The van der Waals surface area contributed by atoms with E-state index in [1.807, 2.05) is 36.4 Å². The first kappa shape index (κ1) is 24.9. The summed E-state index contributed by atoms with van der Waals surface area (Å²) in [4.78, 5) is 27.0. The lowest BCUT2D eigenvalue weighted by Gasteiger charge is -2.27. The minimum absolute atomic E-state index is 0.0418. The van der Waals surface area contributed by atoms with Crippen molar-refractivity contribution in [1.29, 1.82) is 5.26 Å². The van der Waals surface area contributed by atoms with E-state index in [4.69, 9.17) is 28.5 Å². The number of nitrogens with zero attached hydrogens (tertiary/aromatic N) is 3. The Hall–Kier alpha value is -3.22. The molecule has 1 aliphatic rings. The van der Waals surface area contributed by atoms with Gasteiger partial charge < -0.3 is 0 Å². The van der Waals surface area contributed by atoms with Crippen molar-refractivity contribution in [2.75, 3.05) is 11.4 Å². The van der Waals surface area contributed by atoms with Gasteiger partial charge in [-0.3, -0.25) is 9.59 Å². The molecule has 1 saturated heterocycles. The highest BCUT2D eigenvalue weighted by molar-refractivity contribution is 7.89. The molecule has 0 aliphatic carbocycles. The van der Waals surface area contributed by atoms with Crippen LogP contribution in [0.3, 0.4) is 0 Å². The minimum atomic E-state index is -4.31. The highest BCUT2D eigenvalue weighted by atomic mass is 35.5. The predicted molar refractivity (Wildman–Crippen MR) is 133 cm³/mol. The number of halogens is 2. The van der Waals surface area contributed by atoms with E-state index < -0.39 is 27.9 Å². The summed E-state index contributed by atoms with van der Waals surface area (Å²) < 4.78 is 28.5. The number of sulfonamides is 1. The fraction of sp³-hybridized carbons (Fsp3) is 0.160. The van der Waals surface area contributed by atoms with Crippen LogP contribution < -0.4 is 4.90 Å². The van der Waals surface area contributed by atoms with Crippen LogP contribution in [0.5, 0.6) is 0 Å². The molecule has 3 aromatic carbocycles. The number of carbonyl (C=O) groups is 2.